The summed E-state index contributed by atoms with van der Waals surface area (Å²) in [7, 11) is -1.17. The molecule has 1 amide bonds. The van der Waals surface area contributed by atoms with Gasteiger partial charge in [0.2, 0.25) is 0 Å². The Labute approximate surface area is 127 Å². The Hall–Kier alpha value is -2.42. The molecule has 1 aliphatic heterocycles. The molecule has 0 atom stereocenters. The molecule has 0 aliphatic carbocycles. The summed E-state index contributed by atoms with van der Waals surface area (Å²) < 4.78 is 45.7. The molecule has 9 heteroatoms. The standard InChI is InChI=1S/C13H14FN3O4S/c1-8-10(7-17(2)22(19,20)16-8)13(18)15-9-4-5-12(21-3)11(14)6-9/h4-7H,1-3H3,(H,15,18). The van der Waals surface area contributed by atoms with E-state index in [1.165, 1.54) is 33.2 Å². The smallest absolute Gasteiger partial charge is 0.344 e. The minimum absolute atomic E-state index is 0.0541. The van der Waals surface area contributed by atoms with Crippen molar-refractivity contribution in [2.75, 3.05) is 19.5 Å². The highest BCUT2D eigenvalue weighted by atomic mass is 32.2. The third-order valence-corrected chi connectivity index (χ3v) is 4.31. The molecule has 7 nitrogen and oxygen atoms in total. The highest BCUT2D eigenvalue weighted by molar-refractivity contribution is 7.88. The molecule has 2 rings (SSSR count). The quantitative estimate of drug-likeness (QED) is 0.906. The number of rotatable bonds is 3. The number of ether oxygens (including phenoxy) is 1. The Morgan fingerprint density at radius 3 is 2.68 bits per heavy atom. The van der Waals surface area contributed by atoms with Gasteiger partial charge in [-0.3, -0.25) is 9.10 Å². The molecule has 118 valence electrons. The maximum absolute atomic E-state index is 13.6. The number of benzene rings is 1. The van der Waals surface area contributed by atoms with Gasteiger partial charge in [-0.05, 0) is 19.1 Å². The van der Waals surface area contributed by atoms with Crippen LogP contribution in [0.3, 0.4) is 0 Å². The van der Waals surface area contributed by atoms with Crippen LogP contribution < -0.4 is 10.1 Å². The van der Waals surface area contributed by atoms with E-state index in [0.717, 1.165) is 16.6 Å². The molecule has 0 saturated heterocycles. The second-order valence-electron chi connectivity index (χ2n) is 4.52. The Morgan fingerprint density at radius 2 is 2.09 bits per heavy atom. The fourth-order valence-electron chi connectivity index (χ4n) is 1.79. The topological polar surface area (TPSA) is 88.1 Å². The first-order valence-electron chi connectivity index (χ1n) is 6.16. The molecule has 1 aromatic rings. The predicted molar refractivity (Wildman–Crippen MR) is 79.5 cm³/mol. The molecular weight excluding hydrogens is 313 g/mol. The number of hydrogen-bond acceptors (Lipinski definition) is 4. The van der Waals surface area contributed by atoms with Gasteiger partial charge in [0.25, 0.3) is 5.91 Å². The minimum atomic E-state index is -3.78. The van der Waals surface area contributed by atoms with Crippen LogP contribution in [0.1, 0.15) is 6.92 Å². The van der Waals surface area contributed by atoms with Crippen molar-refractivity contribution in [3.8, 4) is 5.75 Å². The van der Waals surface area contributed by atoms with Gasteiger partial charge in [0.1, 0.15) is 0 Å². The first-order valence-corrected chi connectivity index (χ1v) is 7.56. The van der Waals surface area contributed by atoms with Crippen LogP contribution in [0.15, 0.2) is 34.4 Å². The normalized spacial score (nSPS) is 16.6. The van der Waals surface area contributed by atoms with E-state index in [1.807, 2.05) is 0 Å². The van der Waals surface area contributed by atoms with E-state index in [4.69, 9.17) is 4.74 Å². The molecule has 0 radical (unpaired) electrons. The van der Waals surface area contributed by atoms with Crippen LogP contribution in [0.4, 0.5) is 10.1 Å². The number of nitrogens with one attached hydrogen (secondary N) is 1. The average molecular weight is 327 g/mol. The third kappa shape index (κ3) is 3.08. The van der Waals surface area contributed by atoms with E-state index < -0.39 is 21.9 Å². The third-order valence-electron chi connectivity index (χ3n) is 2.97. The summed E-state index contributed by atoms with van der Waals surface area (Å²) in [6.45, 7) is 1.41. The maximum atomic E-state index is 13.6. The Kier molecular flexibility index (Phi) is 4.18. The van der Waals surface area contributed by atoms with Gasteiger partial charge < -0.3 is 10.1 Å². The van der Waals surface area contributed by atoms with Gasteiger partial charge in [-0.1, -0.05) is 0 Å². The van der Waals surface area contributed by atoms with Gasteiger partial charge in [-0.15, -0.1) is 4.40 Å². The summed E-state index contributed by atoms with van der Waals surface area (Å²) in [5.74, 6) is -1.16. The second kappa shape index (κ2) is 5.76. The number of anilines is 1. The summed E-state index contributed by atoms with van der Waals surface area (Å²) in [4.78, 5) is 12.2. The highest BCUT2D eigenvalue weighted by Crippen LogP contribution is 2.22. The molecule has 0 fully saturated rings. The number of carbonyl (C=O) groups is 1. The van der Waals surface area contributed by atoms with Crippen LogP contribution in [-0.2, 0) is 15.0 Å². The van der Waals surface area contributed by atoms with Crippen LogP contribution >= 0.6 is 0 Å². The molecule has 1 aliphatic rings. The Bertz CT molecular complexity index is 786. The van der Waals surface area contributed by atoms with Crippen LogP contribution in [-0.4, -0.2) is 38.5 Å². The molecule has 0 unspecified atom stereocenters. The zero-order chi connectivity index (χ0) is 16.5. The van der Waals surface area contributed by atoms with E-state index in [-0.39, 0.29) is 22.7 Å². The first-order chi connectivity index (χ1) is 10.2. The fraction of sp³-hybridized carbons (Fsp3) is 0.231. The molecule has 22 heavy (non-hydrogen) atoms. The zero-order valence-electron chi connectivity index (χ0n) is 12.1. The average Bonchev–Trinajstić information content (AvgIpc) is 2.42. The molecule has 0 saturated carbocycles. The van der Waals surface area contributed by atoms with Crippen LogP contribution in [0.5, 0.6) is 5.75 Å². The molecule has 1 heterocycles. The lowest BCUT2D eigenvalue weighted by molar-refractivity contribution is -0.112. The van der Waals surface area contributed by atoms with E-state index in [2.05, 4.69) is 9.71 Å². The number of carbonyl (C=O) groups excluding carboxylic acids is 1. The first kappa shape index (κ1) is 16.0. The number of nitrogens with zero attached hydrogens (tertiary/aromatic N) is 2. The van der Waals surface area contributed by atoms with Gasteiger partial charge in [-0.2, -0.15) is 8.42 Å². The lowest BCUT2D eigenvalue weighted by Gasteiger charge is -2.19. The summed E-state index contributed by atoms with van der Waals surface area (Å²) in [6.07, 6.45) is 1.16. The highest BCUT2D eigenvalue weighted by Gasteiger charge is 2.25. The molecular formula is C13H14FN3O4S. The number of methoxy groups -OCH3 is 1. The number of amides is 1. The van der Waals surface area contributed by atoms with Crippen molar-refractivity contribution < 1.29 is 22.3 Å². The summed E-state index contributed by atoms with van der Waals surface area (Å²) >= 11 is 0. The molecule has 0 bridgehead atoms. The van der Waals surface area contributed by atoms with E-state index in [9.17, 15) is 17.6 Å². The summed E-state index contributed by atoms with van der Waals surface area (Å²) in [6, 6.07) is 3.95. The van der Waals surface area contributed by atoms with Gasteiger partial charge >= 0.3 is 10.2 Å². The minimum Gasteiger partial charge on any atom is -0.494 e. The van der Waals surface area contributed by atoms with Gasteiger partial charge in [-0.25, -0.2) is 4.39 Å². The maximum Gasteiger partial charge on any atom is 0.344 e. The predicted octanol–water partition coefficient (Wildman–Crippen LogP) is 1.31. The van der Waals surface area contributed by atoms with E-state index in [1.54, 1.807) is 0 Å². The molecule has 1 N–H and O–H groups in total. The largest absolute Gasteiger partial charge is 0.494 e. The summed E-state index contributed by atoms with van der Waals surface area (Å²) in [5.41, 5.74) is 0.353. The fourth-order valence-corrected chi connectivity index (χ4v) is 2.61. The zero-order valence-corrected chi connectivity index (χ0v) is 12.9. The Morgan fingerprint density at radius 1 is 1.41 bits per heavy atom. The lowest BCUT2D eigenvalue weighted by atomic mass is 10.1. The van der Waals surface area contributed by atoms with Crippen molar-refractivity contribution in [1.82, 2.24) is 4.31 Å². The van der Waals surface area contributed by atoms with Crippen molar-refractivity contribution in [2.45, 2.75) is 6.92 Å². The van der Waals surface area contributed by atoms with Gasteiger partial charge in [0, 0.05) is 25.0 Å². The van der Waals surface area contributed by atoms with Crippen LogP contribution in [0.25, 0.3) is 0 Å². The number of hydrogen-bond donors (Lipinski definition) is 1. The van der Waals surface area contributed by atoms with Crippen molar-refractivity contribution in [3.05, 3.63) is 35.8 Å². The lowest BCUT2D eigenvalue weighted by Crippen LogP contribution is -2.30. The van der Waals surface area contributed by atoms with Gasteiger partial charge in [0.05, 0.1) is 18.4 Å². The SMILES string of the molecule is COc1ccc(NC(=O)C2=CN(C)S(=O)(=O)N=C2C)cc1F. The summed E-state index contributed by atoms with van der Waals surface area (Å²) in [5, 5.41) is 2.48. The molecule has 1 aromatic carbocycles. The van der Waals surface area contributed by atoms with Gasteiger partial charge in [0.15, 0.2) is 11.6 Å². The van der Waals surface area contributed by atoms with E-state index >= 15 is 0 Å². The van der Waals surface area contributed by atoms with E-state index in [0.29, 0.717) is 0 Å². The van der Waals surface area contributed by atoms with Crippen molar-refractivity contribution >= 4 is 27.5 Å². The number of halogens is 1. The van der Waals surface area contributed by atoms with Crippen molar-refractivity contribution in [1.29, 1.82) is 0 Å². The second-order valence-corrected chi connectivity index (χ2v) is 6.17. The van der Waals surface area contributed by atoms with Crippen molar-refractivity contribution in [2.24, 2.45) is 4.40 Å². The van der Waals surface area contributed by atoms with Crippen molar-refractivity contribution in [3.63, 3.8) is 0 Å². The monoisotopic (exact) mass is 327 g/mol. The Balaban J connectivity index is 2.23. The van der Waals surface area contributed by atoms with Crippen LogP contribution in [0, 0.1) is 5.82 Å². The molecule has 0 aromatic heterocycles. The van der Waals surface area contributed by atoms with Crippen LogP contribution in [0.2, 0.25) is 0 Å². The molecule has 0 spiro atoms.